The SMILES string of the molecule is O=C(O)c1c(N2CCN(CCO)CC2)nc2ccccn12. The standard InChI is InChI=1S/C14H18N4O3/c19-10-9-16-5-7-17(8-6-16)13-12(14(20)21)18-4-2-1-3-11(18)15-13/h1-4,19H,5-10H2,(H,20,21). The Morgan fingerprint density at radius 1 is 1.24 bits per heavy atom. The van der Waals surface area contributed by atoms with Crippen molar-refractivity contribution in [2.45, 2.75) is 0 Å². The first-order chi connectivity index (χ1) is 10.2. The van der Waals surface area contributed by atoms with Gasteiger partial charge in [-0.25, -0.2) is 9.78 Å². The van der Waals surface area contributed by atoms with Gasteiger partial charge in [0.15, 0.2) is 11.5 Å². The first-order valence-electron chi connectivity index (χ1n) is 6.99. The number of aliphatic hydroxyl groups excluding tert-OH is 1. The Morgan fingerprint density at radius 2 is 2.00 bits per heavy atom. The Morgan fingerprint density at radius 3 is 2.67 bits per heavy atom. The van der Waals surface area contributed by atoms with Gasteiger partial charge in [-0.3, -0.25) is 9.30 Å². The normalized spacial score (nSPS) is 16.5. The number of aromatic carboxylic acids is 1. The second-order valence-corrected chi connectivity index (χ2v) is 5.07. The maximum atomic E-state index is 11.6. The van der Waals surface area contributed by atoms with Crippen LogP contribution in [-0.2, 0) is 0 Å². The summed E-state index contributed by atoms with van der Waals surface area (Å²) >= 11 is 0. The predicted octanol–water partition coefficient (Wildman–Crippen LogP) is 0.147. The van der Waals surface area contributed by atoms with Crippen LogP contribution in [0, 0.1) is 0 Å². The molecule has 7 nitrogen and oxygen atoms in total. The summed E-state index contributed by atoms with van der Waals surface area (Å²) in [5.74, 6) is -0.446. The molecule has 21 heavy (non-hydrogen) atoms. The van der Waals surface area contributed by atoms with E-state index in [4.69, 9.17) is 5.11 Å². The predicted molar refractivity (Wildman–Crippen MR) is 77.9 cm³/mol. The Hall–Kier alpha value is -2.12. The van der Waals surface area contributed by atoms with Crippen molar-refractivity contribution in [3.05, 3.63) is 30.1 Å². The van der Waals surface area contributed by atoms with Gasteiger partial charge in [0.2, 0.25) is 0 Å². The monoisotopic (exact) mass is 290 g/mol. The number of piperazine rings is 1. The lowest BCUT2D eigenvalue weighted by atomic mass is 10.3. The summed E-state index contributed by atoms with van der Waals surface area (Å²) in [6, 6.07) is 5.44. The number of pyridine rings is 1. The Kier molecular flexibility index (Phi) is 3.76. The second-order valence-electron chi connectivity index (χ2n) is 5.07. The fourth-order valence-corrected chi connectivity index (χ4v) is 2.73. The molecule has 1 fully saturated rings. The number of anilines is 1. The minimum Gasteiger partial charge on any atom is -0.476 e. The van der Waals surface area contributed by atoms with Crippen LogP contribution in [0.25, 0.3) is 5.65 Å². The van der Waals surface area contributed by atoms with E-state index in [2.05, 4.69) is 9.88 Å². The number of imidazole rings is 1. The molecule has 3 rings (SSSR count). The number of rotatable bonds is 4. The number of fused-ring (bicyclic) bond motifs is 1. The van der Waals surface area contributed by atoms with Gasteiger partial charge in [0.1, 0.15) is 5.65 Å². The molecule has 1 aliphatic heterocycles. The van der Waals surface area contributed by atoms with E-state index in [0.717, 1.165) is 13.1 Å². The zero-order valence-electron chi connectivity index (χ0n) is 11.6. The van der Waals surface area contributed by atoms with E-state index in [1.807, 2.05) is 11.0 Å². The number of nitrogens with zero attached hydrogens (tertiary/aromatic N) is 4. The minimum absolute atomic E-state index is 0.148. The van der Waals surface area contributed by atoms with Crippen LogP contribution in [0.4, 0.5) is 5.82 Å². The van der Waals surface area contributed by atoms with E-state index in [-0.39, 0.29) is 12.3 Å². The van der Waals surface area contributed by atoms with Crippen LogP contribution in [0.5, 0.6) is 0 Å². The van der Waals surface area contributed by atoms with Crippen molar-refractivity contribution in [2.75, 3.05) is 44.2 Å². The van der Waals surface area contributed by atoms with Gasteiger partial charge in [0.05, 0.1) is 6.61 Å². The fourth-order valence-electron chi connectivity index (χ4n) is 2.73. The number of carbonyl (C=O) groups is 1. The summed E-state index contributed by atoms with van der Waals surface area (Å²) in [7, 11) is 0. The lowest BCUT2D eigenvalue weighted by Crippen LogP contribution is -2.47. The highest BCUT2D eigenvalue weighted by Crippen LogP contribution is 2.23. The number of hydrogen-bond donors (Lipinski definition) is 2. The second kappa shape index (κ2) is 5.71. The van der Waals surface area contributed by atoms with Gasteiger partial charge in [0, 0.05) is 38.9 Å². The maximum absolute atomic E-state index is 11.6. The number of aromatic nitrogens is 2. The van der Waals surface area contributed by atoms with E-state index >= 15 is 0 Å². The summed E-state index contributed by atoms with van der Waals surface area (Å²) in [4.78, 5) is 20.2. The highest BCUT2D eigenvalue weighted by molar-refractivity contribution is 5.93. The number of carboxylic acid groups (broad SMARTS) is 1. The molecule has 0 saturated carbocycles. The van der Waals surface area contributed by atoms with Crippen molar-refractivity contribution in [1.82, 2.24) is 14.3 Å². The van der Waals surface area contributed by atoms with E-state index < -0.39 is 5.97 Å². The van der Waals surface area contributed by atoms with Crippen LogP contribution in [0.1, 0.15) is 10.5 Å². The zero-order valence-corrected chi connectivity index (χ0v) is 11.6. The van der Waals surface area contributed by atoms with Crippen molar-refractivity contribution < 1.29 is 15.0 Å². The smallest absolute Gasteiger partial charge is 0.356 e. The third kappa shape index (κ3) is 2.57. The van der Waals surface area contributed by atoms with Crippen LogP contribution in [0.3, 0.4) is 0 Å². The third-order valence-corrected chi connectivity index (χ3v) is 3.80. The molecule has 0 unspecified atom stereocenters. The van der Waals surface area contributed by atoms with Crippen LogP contribution in [0.2, 0.25) is 0 Å². The summed E-state index contributed by atoms with van der Waals surface area (Å²) in [6.45, 7) is 3.83. The Labute approximate surface area is 122 Å². The van der Waals surface area contributed by atoms with Gasteiger partial charge in [-0.15, -0.1) is 0 Å². The lowest BCUT2D eigenvalue weighted by Gasteiger charge is -2.34. The fraction of sp³-hybridized carbons (Fsp3) is 0.429. The summed E-state index contributed by atoms with van der Waals surface area (Å²) in [6.07, 6.45) is 1.72. The average Bonchev–Trinajstić information content (AvgIpc) is 2.88. The molecule has 0 spiro atoms. The van der Waals surface area contributed by atoms with Crippen LogP contribution < -0.4 is 4.90 Å². The molecule has 112 valence electrons. The van der Waals surface area contributed by atoms with E-state index in [9.17, 15) is 9.90 Å². The van der Waals surface area contributed by atoms with Gasteiger partial charge in [-0.1, -0.05) is 6.07 Å². The lowest BCUT2D eigenvalue weighted by molar-refractivity contribution is 0.0690. The molecule has 0 radical (unpaired) electrons. The molecule has 0 aromatic carbocycles. The first-order valence-corrected chi connectivity index (χ1v) is 6.99. The third-order valence-electron chi connectivity index (χ3n) is 3.80. The molecule has 1 saturated heterocycles. The van der Waals surface area contributed by atoms with Gasteiger partial charge in [0.25, 0.3) is 0 Å². The Bertz CT molecular complexity index is 647. The maximum Gasteiger partial charge on any atom is 0.356 e. The van der Waals surface area contributed by atoms with Crippen molar-refractivity contribution >= 4 is 17.4 Å². The first kappa shape index (κ1) is 13.8. The molecule has 0 aliphatic carbocycles. The molecule has 0 amide bonds. The number of aliphatic hydroxyl groups is 1. The highest BCUT2D eigenvalue weighted by Gasteiger charge is 2.25. The molecule has 2 aromatic rings. The summed E-state index contributed by atoms with van der Waals surface area (Å²) in [5.41, 5.74) is 0.851. The zero-order chi connectivity index (χ0) is 14.8. The molecule has 2 aromatic heterocycles. The summed E-state index contributed by atoms with van der Waals surface area (Å²) < 4.78 is 1.61. The molecule has 3 heterocycles. The molecule has 1 aliphatic rings. The molecule has 7 heteroatoms. The largest absolute Gasteiger partial charge is 0.476 e. The number of carboxylic acids is 1. The van der Waals surface area contributed by atoms with E-state index in [1.165, 1.54) is 0 Å². The molecule has 0 bridgehead atoms. The van der Waals surface area contributed by atoms with Crippen LogP contribution >= 0.6 is 0 Å². The van der Waals surface area contributed by atoms with Gasteiger partial charge in [-0.2, -0.15) is 0 Å². The van der Waals surface area contributed by atoms with Crippen molar-refractivity contribution in [3.63, 3.8) is 0 Å². The van der Waals surface area contributed by atoms with Crippen molar-refractivity contribution in [2.24, 2.45) is 0 Å². The Balaban J connectivity index is 1.90. The van der Waals surface area contributed by atoms with Crippen LogP contribution in [-0.4, -0.2) is 69.8 Å². The van der Waals surface area contributed by atoms with Crippen molar-refractivity contribution in [3.8, 4) is 0 Å². The highest BCUT2D eigenvalue weighted by atomic mass is 16.4. The number of hydrogen-bond acceptors (Lipinski definition) is 5. The van der Waals surface area contributed by atoms with E-state index in [0.29, 0.717) is 31.1 Å². The van der Waals surface area contributed by atoms with Gasteiger partial charge < -0.3 is 15.1 Å². The summed E-state index contributed by atoms with van der Waals surface area (Å²) in [5, 5.41) is 18.5. The topological polar surface area (TPSA) is 81.3 Å². The van der Waals surface area contributed by atoms with Crippen LogP contribution in [0.15, 0.2) is 24.4 Å². The molecular weight excluding hydrogens is 272 g/mol. The minimum atomic E-state index is -0.971. The molecule has 0 atom stereocenters. The average molecular weight is 290 g/mol. The van der Waals surface area contributed by atoms with Crippen molar-refractivity contribution in [1.29, 1.82) is 0 Å². The van der Waals surface area contributed by atoms with E-state index in [1.54, 1.807) is 22.7 Å². The van der Waals surface area contributed by atoms with Gasteiger partial charge in [-0.05, 0) is 12.1 Å². The molecular formula is C14H18N4O3. The molecule has 2 N–H and O–H groups in total. The quantitative estimate of drug-likeness (QED) is 0.834. The van der Waals surface area contributed by atoms with Gasteiger partial charge >= 0.3 is 5.97 Å². The number of β-amino-alcohol motifs (C(OH)–C–C–N with tert-alkyl or cyclic N) is 1.